The maximum Gasteiger partial charge on any atom is 0.522 e. The second-order valence-corrected chi connectivity index (χ2v) is 8.28. The van der Waals surface area contributed by atoms with Crippen LogP contribution in [0.25, 0.3) is 33.0 Å². The van der Waals surface area contributed by atoms with Crippen LogP contribution < -0.4 is 0 Å². The van der Waals surface area contributed by atoms with Crippen LogP contribution in [0.15, 0.2) is 52.9 Å². The molecule has 27 heavy (non-hydrogen) atoms. The molecular formula is C21H21N3O3+2. The Morgan fingerprint density at radius 1 is 0.852 bits per heavy atom. The zero-order valence-corrected chi connectivity index (χ0v) is 15.8. The van der Waals surface area contributed by atoms with Gasteiger partial charge in [0.05, 0.1) is 5.52 Å². The second kappa shape index (κ2) is 4.82. The third-order valence-electron chi connectivity index (χ3n) is 6.47. The fourth-order valence-electron chi connectivity index (χ4n) is 4.11. The quantitative estimate of drug-likeness (QED) is 0.441. The van der Waals surface area contributed by atoms with Gasteiger partial charge in [-0.1, -0.05) is 24.3 Å². The van der Waals surface area contributed by atoms with E-state index in [4.69, 9.17) is 4.42 Å². The van der Waals surface area contributed by atoms with Gasteiger partial charge in [0.1, 0.15) is 20.6 Å². The van der Waals surface area contributed by atoms with E-state index in [9.17, 15) is 9.81 Å². The Morgan fingerprint density at radius 2 is 1.41 bits per heavy atom. The lowest BCUT2D eigenvalue weighted by Crippen LogP contribution is -2.48. The van der Waals surface area contributed by atoms with Crippen molar-refractivity contribution >= 4 is 33.0 Å². The molecule has 1 aliphatic rings. The highest BCUT2D eigenvalue weighted by Crippen LogP contribution is 2.46. The van der Waals surface area contributed by atoms with E-state index in [1.807, 2.05) is 80.8 Å². The molecule has 5 rings (SSSR count). The summed E-state index contributed by atoms with van der Waals surface area (Å²) in [5, 5.41) is 1.79. The summed E-state index contributed by atoms with van der Waals surface area (Å²) in [5.74, 6) is 0. The molecule has 4 aromatic rings. The van der Waals surface area contributed by atoms with Crippen molar-refractivity contribution in [3.05, 3.63) is 58.3 Å². The van der Waals surface area contributed by atoms with Crippen molar-refractivity contribution in [2.45, 2.75) is 45.1 Å². The van der Waals surface area contributed by atoms with Crippen LogP contribution in [-0.2, 0) is 0 Å². The number of nitroso groups, excluding NO2 is 2. The number of furan rings is 1. The number of fused-ring (bicyclic) bond motifs is 5. The first-order valence-corrected chi connectivity index (χ1v) is 9.10. The van der Waals surface area contributed by atoms with E-state index in [-0.39, 0.29) is 0 Å². The van der Waals surface area contributed by atoms with E-state index < -0.39 is 17.4 Å². The number of hydrogen-bond acceptors (Lipinski definition) is 3. The molecule has 0 atom stereocenters. The predicted molar refractivity (Wildman–Crippen MR) is 104 cm³/mol. The van der Waals surface area contributed by atoms with E-state index in [1.165, 1.54) is 0 Å². The molecule has 136 valence electrons. The number of para-hydroxylation sites is 2. The van der Waals surface area contributed by atoms with E-state index in [1.54, 1.807) is 0 Å². The van der Waals surface area contributed by atoms with Crippen LogP contribution >= 0.6 is 0 Å². The molecular weight excluding hydrogens is 342 g/mol. The van der Waals surface area contributed by atoms with Crippen molar-refractivity contribution in [1.82, 2.24) is 4.57 Å². The minimum Gasteiger partial charge on any atom is -0.454 e. The molecule has 0 aliphatic carbocycles. The van der Waals surface area contributed by atoms with Crippen LogP contribution in [0.2, 0.25) is 0 Å². The average molecular weight is 363 g/mol. The van der Waals surface area contributed by atoms with Crippen LogP contribution in [0, 0.1) is 9.81 Å². The smallest absolute Gasteiger partial charge is 0.454 e. The number of benzene rings is 2. The third-order valence-corrected chi connectivity index (χ3v) is 6.47. The minimum atomic E-state index is -1.00. The van der Waals surface area contributed by atoms with Crippen molar-refractivity contribution in [2.75, 3.05) is 0 Å². The monoisotopic (exact) mass is 363 g/mol. The molecule has 1 saturated heterocycles. The fourth-order valence-corrected chi connectivity index (χ4v) is 4.11. The first kappa shape index (κ1) is 16.2. The predicted octanol–water partition coefficient (Wildman–Crippen LogP) is 5.13. The lowest BCUT2D eigenvalue weighted by molar-refractivity contribution is -0.782. The summed E-state index contributed by atoms with van der Waals surface area (Å²) in [6.45, 7) is 7.28. The second-order valence-electron chi connectivity index (χ2n) is 8.28. The summed E-state index contributed by atoms with van der Waals surface area (Å²) >= 11 is 0. The number of aromatic nitrogens is 1. The molecule has 0 amide bonds. The van der Waals surface area contributed by atoms with Crippen molar-refractivity contribution in [3.63, 3.8) is 0 Å². The topological polar surface area (TPSA) is 58.2 Å². The van der Waals surface area contributed by atoms with E-state index in [0.29, 0.717) is 5.58 Å². The number of hydrogen-bond donors (Lipinski definition) is 0. The zero-order valence-electron chi connectivity index (χ0n) is 15.8. The number of nitrogens with zero attached hydrogens (tertiary/aromatic N) is 3. The van der Waals surface area contributed by atoms with Gasteiger partial charge in [0.15, 0.2) is 5.58 Å². The lowest BCUT2D eigenvalue weighted by atomic mass is 9.84. The van der Waals surface area contributed by atoms with Gasteiger partial charge in [-0.25, -0.2) is 4.57 Å². The van der Waals surface area contributed by atoms with Crippen LogP contribution in [0.4, 0.5) is 0 Å². The van der Waals surface area contributed by atoms with Crippen molar-refractivity contribution < 1.29 is 13.9 Å². The van der Waals surface area contributed by atoms with E-state index in [2.05, 4.69) is 0 Å². The fraction of sp³-hybridized carbons (Fsp3) is 0.333. The molecule has 2 aromatic carbocycles. The van der Waals surface area contributed by atoms with Crippen LogP contribution in [0.3, 0.4) is 0 Å². The van der Waals surface area contributed by atoms with Gasteiger partial charge in [0.25, 0.3) is 11.1 Å². The van der Waals surface area contributed by atoms with Gasteiger partial charge in [-0.15, -0.1) is 0 Å². The van der Waals surface area contributed by atoms with Crippen LogP contribution in [-0.4, -0.2) is 25.2 Å². The highest BCUT2D eigenvalue weighted by molar-refractivity contribution is 6.15. The Morgan fingerprint density at radius 3 is 2.07 bits per heavy atom. The average Bonchev–Trinajstić information content (AvgIpc) is 3.20. The van der Waals surface area contributed by atoms with E-state index >= 15 is 0 Å². The summed E-state index contributed by atoms with van der Waals surface area (Å²) in [5.41, 5.74) is 1.35. The molecule has 6 heteroatoms. The van der Waals surface area contributed by atoms with Gasteiger partial charge in [-0.05, 0) is 24.3 Å². The summed E-state index contributed by atoms with van der Waals surface area (Å²) in [7, 11) is 0. The van der Waals surface area contributed by atoms with Crippen molar-refractivity contribution in [2.24, 2.45) is 0 Å². The first-order valence-electron chi connectivity index (χ1n) is 9.10. The van der Waals surface area contributed by atoms with Crippen LogP contribution in [0.1, 0.15) is 34.0 Å². The Labute approximate surface area is 155 Å². The summed E-state index contributed by atoms with van der Waals surface area (Å²) < 4.78 is 9.81. The zero-order chi connectivity index (χ0) is 19.1. The van der Waals surface area contributed by atoms with Crippen molar-refractivity contribution in [1.29, 1.82) is 0 Å². The van der Waals surface area contributed by atoms with Gasteiger partial charge in [-0.3, -0.25) is 0 Å². The standard InChI is InChI=1S/C21H21N3O3/c1-20(2)21(3,4)24(26)19(23(20)25)22-15-11-7-5-9-13(15)18-17(22)14-10-6-8-12-16(14)27-18/h5-12,19H,1-4H3/q+2. The SMILES string of the molecule is CC1(C)[N+](=O)C(n2c3ccccc3c3oc4ccccc4c32)[N+](=O)C1(C)C. The van der Waals surface area contributed by atoms with Gasteiger partial charge in [-0.2, -0.15) is 0 Å². The van der Waals surface area contributed by atoms with Gasteiger partial charge < -0.3 is 4.42 Å². The molecule has 0 N–H and O–H groups in total. The summed E-state index contributed by atoms with van der Waals surface area (Å²) in [6, 6.07) is 15.5. The van der Waals surface area contributed by atoms with Gasteiger partial charge in [0, 0.05) is 48.3 Å². The molecule has 0 spiro atoms. The van der Waals surface area contributed by atoms with Crippen molar-refractivity contribution in [3.8, 4) is 0 Å². The minimum absolute atomic E-state index is 0.705. The largest absolute Gasteiger partial charge is 0.522 e. The van der Waals surface area contributed by atoms with E-state index in [0.717, 1.165) is 36.9 Å². The lowest BCUT2D eigenvalue weighted by Gasteiger charge is -2.14. The van der Waals surface area contributed by atoms with Gasteiger partial charge in [0.2, 0.25) is 0 Å². The first-order chi connectivity index (χ1) is 12.8. The Hall–Kier alpha value is -3.02. The summed E-state index contributed by atoms with van der Waals surface area (Å²) in [4.78, 5) is 26.6. The number of rotatable bonds is 1. The third kappa shape index (κ3) is 1.75. The summed E-state index contributed by atoms with van der Waals surface area (Å²) in [6.07, 6.45) is -1.00. The molecule has 6 nitrogen and oxygen atoms in total. The molecule has 1 aliphatic heterocycles. The Balaban J connectivity index is 1.95. The molecule has 0 radical (unpaired) electrons. The Kier molecular flexibility index (Phi) is 2.89. The highest BCUT2D eigenvalue weighted by atomic mass is 16.3. The Bertz CT molecular complexity index is 1240. The molecule has 0 bridgehead atoms. The maximum absolute atomic E-state index is 13.3. The van der Waals surface area contributed by atoms with Gasteiger partial charge >= 0.3 is 6.29 Å². The van der Waals surface area contributed by atoms with Crippen LogP contribution in [0.5, 0.6) is 0 Å². The molecule has 0 saturated carbocycles. The molecule has 2 aromatic heterocycles. The molecule has 1 fully saturated rings. The maximum atomic E-state index is 13.3. The molecule has 3 heterocycles. The molecule has 0 unspecified atom stereocenters. The normalized spacial score (nSPS) is 19.7. The highest BCUT2D eigenvalue weighted by Gasteiger charge is 2.76.